The number of aromatic nitrogens is 1. The molecule has 8 heteroatoms. The molecule has 2 heterocycles. The van der Waals surface area contributed by atoms with Crippen LogP contribution in [-0.4, -0.2) is 22.5 Å². The number of carbonyl (C=O) groups excluding carboxylic acids is 1. The number of hydrogen-bond acceptors (Lipinski definition) is 4. The fourth-order valence-electron chi connectivity index (χ4n) is 2.96. The summed E-state index contributed by atoms with van der Waals surface area (Å²) in [6, 6.07) is 11.2. The summed E-state index contributed by atoms with van der Waals surface area (Å²) in [5.41, 5.74) is 1.85. The summed E-state index contributed by atoms with van der Waals surface area (Å²) in [6.45, 7) is 0.938. The number of fused-ring (bicyclic) bond motifs is 1. The van der Waals surface area contributed by atoms with E-state index in [1.165, 1.54) is 11.3 Å². The molecule has 0 radical (unpaired) electrons. The molecule has 4 nitrogen and oxygen atoms in total. The summed E-state index contributed by atoms with van der Waals surface area (Å²) < 4.78 is 45.5. The van der Waals surface area contributed by atoms with Crippen LogP contribution < -0.4 is 0 Å². The molecule has 0 N–H and O–H groups in total. The molecule has 0 aliphatic carbocycles. The Morgan fingerprint density at radius 1 is 1.14 bits per heavy atom. The number of carbonyl (C=O) groups is 1. The molecule has 0 bridgehead atoms. The Morgan fingerprint density at radius 2 is 1.86 bits per heavy atom. The minimum Gasteiger partial charge on any atom is -0.445 e. The second kappa shape index (κ2) is 7.63. The average Bonchev–Trinajstić information content (AvgIpc) is 3.14. The van der Waals surface area contributed by atoms with Gasteiger partial charge in [-0.15, -0.1) is 11.3 Å². The highest BCUT2D eigenvalue weighted by molar-refractivity contribution is 7.15. The van der Waals surface area contributed by atoms with E-state index in [-0.39, 0.29) is 12.2 Å². The van der Waals surface area contributed by atoms with Crippen LogP contribution in [0.4, 0.5) is 18.0 Å². The molecular weight excluding hydrogens is 389 g/mol. The van der Waals surface area contributed by atoms with E-state index >= 15 is 0 Å². The molecule has 3 aromatic rings. The minimum atomic E-state index is -1.50. The van der Waals surface area contributed by atoms with Crippen molar-refractivity contribution >= 4 is 17.4 Å². The second-order valence-electron chi connectivity index (χ2n) is 6.35. The Hall–Kier alpha value is -2.87. The molecule has 1 aliphatic heterocycles. The van der Waals surface area contributed by atoms with Crippen LogP contribution in [0, 0.1) is 17.5 Å². The Balaban J connectivity index is 1.46. The van der Waals surface area contributed by atoms with E-state index in [0.717, 1.165) is 28.3 Å². The zero-order valence-electron chi connectivity index (χ0n) is 14.6. The fraction of sp³-hybridized carbons (Fsp3) is 0.200. The van der Waals surface area contributed by atoms with Crippen molar-refractivity contribution in [3.63, 3.8) is 0 Å². The van der Waals surface area contributed by atoms with E-state index in [9.17, 15) is 18.0 Å². The van der Waals surface area contributed by atoms with Gasteiger partial charge in [-0.25, -0.2) is 22.9 Å². The van der Waals surface area contributed by atoms with Crippen molar-refractivity contribution in [2.45, 2.75) is 19.6 Å². The van der Waals surface area contributed by atoms with Crippen molar-refractivity contribution in [1.29, 1.82) is 0 Å². The lowest BCUT2D eigenvalue weighted by molar-refractivity contribution is 0.0921. The van der Waals surface area contributed by atoms with Crippen molar-refractivity contribution < 1.29 is 22.7 Å². The number of hydrogen-bond donors (Lipinski definition) is 0. The van der Waals surface area contributed by atoms with Crippen LogP contribution in [-0.2, 0) is 24.3 Å². The molecule has 4 rings (SSSR count). The summed E-state index contributed by atoms with van der Waals surface area (Å²) in [6.07, 6.45) is 0.0849. The van der Waals surface area contributed by atoms with Gasteiger partial charge >= 0.3 is 6.09 Å². The van der Waals surface area contributed by atoms with E-state index < -0.39 is 23.5 Å². The summed E-state index contributed by atoms with van der Waals surface area (Å²) in [4.78, 5) is 19.1. The predicted octanol–water partition coefficient (Wildman–Crippen LogP) is 4.92. The zero-order valence-corrected chi connectivity index (χ0v) is 15.4. The highest BCUT2D eigenvalue weighted by Crippen LogP contribution is 2.33. The first-order valence-corrected chi connectivity index (χ1v) is 9.42. The van der Waals surface area contributed by atoms with Gasteiger partial charge in [-0.3, -0.25) is 0 Å². The molecule has 28 heavy (non-hydrogen) atoms. The molecule has 0 saturated carbocycles. The Bertz CT molecular complexity index is 1000. The number of thiazole rings is 1. The Kier molecular flexibility index (Phi) is 5.04. The number of ether oxygens (including phenoxy) is 1. The topological polar surface area (TPSA) is 42.4 Å². The van der Waals surface area contributed by atoms with E-state index in [4.69, 9.17) is 4.74 Å². The maximum atomic E-state index is 13.5. The third-order valence-corrected chi connectivity index (χ3v) is 5.56. The lowest BCUT2D eigenvalue weighted by Crippen LogP contribution is -2.35. The quantitative estimate of drug-likeness (QED) is 0.582. The van der Waals surface area contributed by atoms with Crippen molar-refractivity contribution in [3.8, 4) is 10.6 Å². The predicted molar refractivity (Wildman–Crippen MR) is 98.2 cm³/mol. The van der Waals surface area contributed by atoms with Crippen LogP contribution in [0.5, 0.6) is 0 Å². The Morgan fingerprint density at radius 3 is 2.57 bits per heavy atom. The highest BCUT2D eigenvalue weighted by Gasteiger charge is 2.26. The van der Waals surface area contributed by atoms with Crippen LogP contribution >= 0.6 is 11.3 Å². The number of halogens is 3. The number of rotatable bonds is 3. The standard InChI is InChI=1S/C20H15F3N2O2S/c21-14-8-13(9-15(22)18(14)23)19-24-16-6-7-25(10-17(16)28-19)20(26)27-11-12-4-2-1-3-5-12/h1-5,8-9H,6-7,10-11H2. The van der Waals surface area contributed by atoms with Gasteiger partial charge in [0.15, 0.2) is 17.5 Å². The molecule has 144 valence electrons. The first-order valence-electron chi connectivity index (χ1n) is 8.60. The molecule has 1 aliphatic rings. The minimum absolute atomic E-state index is 0.175. The van der Waals surface area contributed by atoms with Crippen LogP contribution in [0.1, 0.15) is 16.1 Å². The van der Waals surface area contributed by atoms with E-state index in [1.54, 1.807) is 4.90 Å². The fourth-order valence-corrected chi connectivity index (χ4v) is 4.08. The molecule has 0 saturated heterocycles. The van der Waals surface area contributed by atoms with Crippen molar-refractivity contribution in [2.75, 3.05) is 6.54 Å². The Labute approximate surface area is 163 Å². The molecule has 1 amide bonds. The normalized spacial score (nSPS) is 13.3. The average molecular weight is 404 g/mol. The van der Waals surface area contributed by atoms with Crippen LogP contribution in [0.25, 0.3) is 10.6 Å². The molecule has 0 spiro atoms. The van der Waals surface area contributed by atoms with Gasteiger partial charge in [0.2, 0.25) is 0 Å². The van der Waals surface area contributed by atoms with Crippen molar-refractivity contribution in [1.82, 2.24) is 9.88 Å². The molecule has 0 fully saturated rings. The van der Waals surface area contributed by atoms with Gasteiger partial charge in [0.05, 0.1) is 12.2 Å². The zero-order chi connectivity index (χ0) is 19.7. The molecule has 2 aromatic carbocycles. The maximum Gasteiger partial charge on any atom is 0.410 e. The SMILES string of the molecule is O=C(OCc1ccccc1)N1CCc2nc(-c3cc(F)c(F)c(F)c3)sc2C1. The van der Waals surface area contributed by atoms with Crippen LogP contribution in [0.15, 0.2) is 42.5 Å². The summed E-state index contributed by atoms with van der Waals surface area (Å²) >= 11 is 1.23. The van der Waals surface area contributed by atoms with Gasteiger partial charge in [0.1, 0.15) is 11.6 Å². The van der Waals surface area contributed by atoms with Crippen molar-refractivity contribution in [3.05, 3.63) is 76.1 Å². The number of benzene rings is 2. The summed E-state index contributed by atoms with van der Waals surface area (Å²) in [5.74, 6) is -4.01. The van der Waals surface area contributed by atoms with E-state index in [2.05, 4.69) is 4.98 Å². The third-order valence-electron chi connectivity index (χ3n) is 4.43. The van der Waals surface area contributed by atoms with E-state index in [0.29, 0.717) is 24.5 Å². The summed E-state index contributed by atoms with van der Waals surface area (Å²) in [5, 5.41) is 0.391. The number of amides is 1. The summed E-state index contributed by atoms with van der Waals surface area (Å²) in [7, 11) is 0. The van der Waals surface area contributed by atoms with Crippen molar-refractivity contribution in [2.24, 2.45) is 0 Å². The van der Waals surface area contributed by atoms with Gasteiger partial charge < -0.3 is 9.64 Å². The first-order chi connectivity index (χ1) is 13.5. The van der Waals surface area contributed by atoms with Gasteiger partial charge in [-0.05, 0) is 17.7 Å². The van der Waals surface area contributed by atoms with Gasteiger partial charge in [0.25, 0.3) is 0 Å². The van der Waals surface area contributed by atoms with Crippen LogP contribution in [0.3, 0.4) is 0 Å². The van der Waals surface area contributed by atoms with Gasteiger partial charge in [-0.1, -0.05) is 30.3 Å². The molecule has 0 unspecified atom stereocenters. The lowest BCUT2D eigenvalue weighted by Gasteiger charge is -2.25. The lowest BCUT2D eigenvalue weighted by atomic mass is 10.2. The largest absolute Gasteiger partial charge is 0.445 e. The monoisotopic (exact) mass is 404 g/mol. The third kappa shape index (κ3) is 3.73. The molecular formula is C20H15F3N2O2S. The molecule has 1 aromatic heterocycles. The second-order valence-corrected chi connectivity index (χ2v) is 7.44. The van der Waals surface area contributed by atoms with Crippen LogP contribution in [0.2, 0.25) is 0 Å². The molecule has 0 atom stereocenters. The van der Waals surface area contributed by atoms with Gasteiger partial charge in [-0.2, -0.15) is 0 Å². The highest BCUT2D eigenvalue weighted by atomic mass is 32.1. The first kappa shape index (κ1) is 18.5. The van der Waals surface area contributed by atoms with E-state index in [1.807, 2.05) is 30.3 Å². The smallest absolute Gasteiger partial charge is 0.410 e. The van der Waals surface area contributed by atoms with Gasteiger partial charge in [0, 0.05) is 23.4 Å². The number of nitrogens with zero attached hydrogens (tertiary/aromatic N) is 2. The maximum absolute atomic E-state index is 13.5.